The third kappa shape index (κ3) is 0.925. The van der Waals surface area contributed by atoms with Gasteiger partial charge in [-0.25, -0.2) is 0 Å². The largest absolute Gasteiger partial charge is 0.345 e. The fourth-order valence-electron chi connectivity index (χ4n) is 2.23. The Balaban J connectivity index is 2.26. The second-order valence-electron chi connectivity index (χ2n) is 3.85. The van der Waals surface area contributed by atoms with Crippen LogP contribution in [0.25, 0.3) is 5.57 Å². The highest BCUT2D eigenvalue weighted by molar-refractivity contribution is 5.74. The molecule has 0 aromatic heterocycles. The van der Waals surface area contributed by atoms with Crippen LogP contribution in [0.3, 0.4) is 0 Å². The lowest BCUT2D eigenvalue weighted by atomic mass is 9.91. The van der Waals surface area contributed by atoms with Gasteiger partial charge in [0.25, 0.3) is 0 Å². The molecule has 0 amide bonds. The summed E-state index contributed by atoms with van der Waals surface area (Å²) in [4.78, 5) is 0. The maximum Gasteiger partial charge on any atom is 0.185 e. The van der Waals surface area contributed by atoms with Crippen LogP contribution >= 0.6 is 0 Å². The quantitative estimate of drug-likeness (QED) is 0.622. The summed E-state index contributed by atoms with van der Waals surface area (Å²) in [5.41, 5.74) is 4.69. The molecular weight excluding hydrogens is 176 g/mol. The molecule has 1 aromatic rings. The molecule has 2 nitrogen and oxygen atoms in total. The summed E-state index contributed by atoms with van der Waals surface area (Å²) >= 11 is 0. The highest BCUT2D eigenvalue weighted by Gasteiger charge is 2.37. The number of hydrogen-bond donors (Lipinski definition) is 0. The van der Waals surface area contributed by atoms with Gasteiger partial charge in [-0.15, -0.1) is 0 Å². The minimum absolute atomic E-state index is 0.0635. The molecule has 14 heavy (non-hydrogen) atoms. The van der Waals surface area contributed by atoms with Crippen LogP contribution in [0.2, 0.25) is 0 Å². The molecule has 0 spiro atoms. The van der Waals surface area contributed by atoms with Crippen LogP contribution in [-0.4, -0.2) is 12.7 Å². The predicted molar refractivity (Wildman–Crippen MR) is 53.8 cm³/mol. The van der Waals surface area contributed by atoms with Gasteiger partial charge in [-0.2, -0.15) is 0 Å². The second kappa shape index (κ2) is 2.69. The first-order valence-electron chi connectivity index (χ1n) is 4.83. The highest BCUT2D eigenvalue weighted by atomic mass is 16.7. The Morgan fingerprint density at radius 3 is 3.14 bits per heavy atom. The van der Waals surface area contributed by atoms with E-state index in [1.807, 2.05) is 6.07 Å². The number of fused-ring (bicyclic) bond motifs is 4. The average molecular weight is 188 g/mol. The summed E-state index contributed by atoms with van der Waals surface area (Å²) in [6.07, 6.45) is -0.103. The van der Waals surface area contributed by atoms with E-state index in [4.69, 9.17) is 9.47 Å². The van der Waals surface area contributed by atoms with Crippen molar-refractivity contribution in [3.8, 4) is 0 Å². The van der Waals surface area contributed by atoms with Crippen molar-refractivity contribution in [3.63, 3.8) is 0 Å². The Kier molecular flexibility index (Phi) is 1.58. The third-order valence-electron chi connectivity index (χ3n) is 2.96. The number of hydrogen-bond acceptors (Lipinski definition) is 2. The molecule has 2 aliphatic heterocycles. The summed E-state index contributed by atoms with van der Waals surface area (Å²) in [5, 5.41) is 0. The number of ether oxygens (including phenoxy) is 2. The normalized spacial score (nSPS) is 29.1. The number of aryl methyl sites for hydroxylation is 1. The fourth-order valence-corrected chi connectivity index (χ4v) is 2.23. The maximum absolute atomic E-state index is 5.67. The van der Waals surface area contributed by atoms with E-state index in [-0.39, 0.29) is 12.4 Å². The van der Waals surface area contributed by atoms with Crippen molar-refractivity contribution in [1.29, 1.82) is 0 Å². The molecule has 0 radical (unpaired) electrons. The van der Waals surface area contributed by atoms with Crippen molar-refractivity contribution in [1.82, 2.24) is 0 Å². The predicted octanol–water partition coefficient (Wildman–Crippen LogP) is 2.44. The van der Waals surface area contributed by atoms with E-state index in [2.05, 4.69) is 25.6 Å². The zero-order chi connectivity index (χ0) is 9.71. The average Bonchev–Trinajstić information content (AvgIpc) is 2.60. The lowest BCUT2D eigenvalue weighted by Gasteiger charge is -2.25. The van der Waals surface area contributed by atoms with Crippen molar-refractivity contribution in [2.45, 2.75) is 19.3 Å². The molecule has 72 valence electrons. The van der Waals surface area contributed by atoms with Crippen LogP contribution in [0, 0.1) is 6.92 Å². The maximum atomic E-state index is 5.67. The van der Waals surface area contributed by atoms with E-state index in [1.54, 1.807) is 0 Å². The Bertz CT molecular complexity index is 409. The standard InChI is InChI=1S/C12H12O2/c1-7-4-3-5-9-11(7)8(2)10-6-13-12(9)14-10/h3-5,10,12H,2,6H2,1H3. The van der Waals surface area contributed by atoms with Crippen molar-refractivity contribution in [2.75, 3.05) is 6.61 Å². The van der Waals surface area contributed by atoms with Gasteiger partial charge in [0.2, 0.25) is 0 Å². The van der Waals surface area contributed by atoms with Crippen molar-refractivity contribution in [3.05, 3.63) is 41.5 Å². The second-order valence-corrected chi connectivity index (χ2v) is 3.85. The lowest BCUT2D eigenvalue weighted by Crippen LogP contribution is -2.18. The molecule has 0 saturated carbocycles. The first-order chi connectivity index (χ1) is 6.77. The summed E-state index contributed by atoms with van der Waals surface area (Å²) < 4.78 is 11.2. The van der Waals surface area contributed by atoms with Crippen LogP contribution in [0.15, 0.2) is 24.8 Å². The Labute approximate surface area is 83.1 Å². The Morgan fingerprint density at radius 2 is 2.29 bits per heavy atom. The third-order valence-corrected chi connectivity index (χ3v) is 2.96. The monoisotopic (exact) mass is 188 g/mol. The number of benzene rings is 1. The van der Waals surface area contributed by atoms with Gasteiger partial charge in [0.05, 0.1) is 6.61 Å². The van der Waals surface area contributed by atoms with Crippen LogP contribution in [-0.2, 0) is 9.47 Å². The van der Waals surface area contributed by atoms with Crippen LogP contribution in [0.5, 0.6) is 0 Å². The molecule has 1 fully saturated rings. The molecular formula is C12H12O2. The molecule has 2 atom stereocenters. The zero-order valence-electron chi connectivity index (χ0n) is 8.12. The van der Waals surface area contributed by atoms with E-state index in [0.717, 1.165) is 11.1 Å². The molecule has 2 heterocycles. The van der Waals surface area contributed by atoms with Gasteiger partial charge in [-0.05, 0) is 23.6 Å². The van der Waals surface area contributed by atoms with E-state index < -0.39 is 0 Å². The topological polar surface area (TPSA) is 18.5 Å². The highest BCUT2D eigenvalue weighted by Crippen LogP contribution is 2.42. The molecule has 2 heteroatoms. The van der Waals surface area contributed by atoms with Gasteiger partial charge < -0.3 is 9.47 Å². The van der Waals surface area contributed by atoms with Gasteiger partial charge in [0, 0.05) is 5.56 Å². The molecule has 2 bridgehead atoms. The van der Waals surface area contributed by atoms with E-state index in [0.29, 0.717) is 6.61 Å². The van der Waals surface area contributed by atoms with Crippen LogP contribution in [0.4, 0.5) is 0 Å². The van der Waals surface area contributed by atoms with E-state index in [9.17, 15) is 0 Å². The van der Waals surface area contributed by atoms with Gasteiger partial charge >= 0.3 is 0 Å². The molecule has 1 aromatic carbocycles. The summed E-state index contributed by atoms with van der Waals surface area (Å²) in [7, 11) is 0. The minimum atomic E-state index is -0.166. The van der Waals surface area contributed by atoms with E-state index in [1.165, 1.54) is 11.1 Å². The first kappa shape index (κ1) is 8.21. The molecule has 1 saturated heterocycles. The molecule has 0 aliphatic carbocycles. The summed E-state index contributed by atoms with van der Waals surface area (Å²) in [6, 6.07) is 6.20. The molecule has 0 N–H and O–H groups in total. The first-order valence-corrected chi connectivity index (χ1v) is 4.83. The Morgan fingerprint density at radius 1 is 1.43 bits per heavy atom. The van der Waals surface area contributed by atoms with Crippen molar-refractivity contribution >= 4 is 5.57 Å². The molecule has 2 unspecified atom stereocenters. The SMILES string of the molecule is C=C1c2c(C)cccc2C2OCC1O2. The van der Waals surface area contributed by atoms with E-state index >= 15 is 0 Å². The fraction of sp³-hybridized carbons (Fsp3) is 0.333. The minimum Gasteiger partial charge on any atom is -0.345 e. The zero-order valence-corrected chi connectivity index (χ0v) is 8.12. The van der Waals surface area contributed by atoms with Crippen molar-refractivity contribution < 1.29 is 9.47 Å². The van der Waals surface area contributed by atoms with Crippen molar-refractivity contribution in [2.24, 2.45) is 0 Å². The van der Waals surface area contributed by atoms with Gasteiger partial charge in [-0.1, -0.05) is 24.8 Å². The van der Waals surface area contributed by atoms with Crippen LogP contribution < -0.4 is 0 Å². The van der Waals surface area contributed by atoms with Crippen LogP contribution in [0.1, 0.15) is 23.0 Å². The smallest absolute Gasteiger partial charge is 0.185 e. The van der Waals surface area contributed by atoms with Gasteiger partial charge in [0.1, 0.15) is 6.10 Å². The molecule has 2 aliphatic rings. The van der Waals surface area contributed by atoms with Gasteiger partial charge in [0.15, 0.2) is 6.29 Å². The Hall–Kier alpha value is -1.12. The summed E-state index contributed by atoms with van der Waals surface area (Å²) in [6.45, 7) is 6.83. The van der Waals surface area contributed by atoms with Gasteiger partial charge in [-0.3, -0.25) is 0 Å². The lowest BCUT2D eigenvalue weighted by molar-refractivity contribution is -0.0559. The molecule has 3 rings (SSSR count). The summed E-state index contributed by atoms with van der Waals surface area (Å²) in [5.74, 6) is 0. The number of rotatable bonds is 0.